The molecular weight excluding hydrogens is 222 g/mol. The number of nitrogens with two attached hydrogens (primary N) is 1. The highest BCUT2D eigenvalue weighted by Crippen LogP contribution is 2.28. The highest BCUT2D eigenvalue weighted by molar-refractivity contribution is 5.88. The number of fused-ring (bicyclic) bond motifs is 1. The fourth-order valence-corrected chi connectivity index (χ4v) is 2.18. The molecule has 0 atom stereocenters. The number of imidazole rings is 1. The molecule has 0 saturated heterocycles. The van der Waals surface area contributed by atoms with E-state index in [-0.39, 0.29) is 0 Å². The van der Waals surface area contributed by atoms with E-state index in [2.05, 4.69) is 35.3 Å². The summed E-state index contributed by atoms with van der Waals surface area (Å²) in [7, 11) is 1.93. The smallest absolute Gasteiger partial charge is 0.131 e. The second kappa shape index (κ2) is 3.88. The fraction of sp³-hybridized carbons (Fsp3) is 0.133. The van der Waals surface area contributed by atoms with Crippen LogP contribution in [0.4, 0.5) is 5.82 Å². The fourth-order valence-electron chi connectivity index (χ4n) is 2.18. The van der Waals surface area contributed by atoms with Gasteiger partial charge in [0.15, 0.2) is 0 Å². The van der Waals surface area contributed by atoms with E-state index in [1.165, 1.54) is 10.8 Å². The van der Waals surface area contributed by atoms with E-state index in [1.54, 1.807) is 0 Å². The van der Waals surface area contributed by atoms with Crippen molar-refractivity contribution in [1.82, 2.24) is 9.55 Å². The van der Waals surface area contributed by atoms with Crippen LogP contribution < -0.4 is 5.73 Å². The molecule has 2 N–H and O–H groups in total. The Morgan fingerprint density at radius 3 is 2.44 bits per heavy atom. The lowest BCUT2D eigenvalue weighted by Gasteiger charge is -2.03. The average Bonchev–Trinajstić information content (AvgIpc) is 2.66. The van der Waals surface area contributed by atoms with Crippen molar-refractivity contribution in [2.24, 2.45) is 7.05 Å². The van der Waals surface area contributed by atoms with E-state index < -0.39 is 0 Å². The maximum Gasteiger partial charge on any atom is 0.131 e. The molecule has 3 nitrogen and oxygen atoms in total. The van der Waals surface area contributed by atoms with Crippen LogP contribution in [-0.4, -0.2) is 9.55 Å². The monoisotopic (exact) mass is 237 g/mol. The molecule has 0 fully saturated rings. The molecule has 3 aromatic rings. The lowest BCUT2D eigenvalue weighted by molar-refractivity contribution is 0.868. The number of hydrogen-bond donors (Lipinski definition) is 1. The molecular formula is C15H15N3. The zero-order valence-corrected chi connectivity index (χ0v) is 10.5. The predicted molar refractivity (Wildman–Crippen MR) is 75.3 cm³/mol. The van der Waals surface area contributed by atoms with Crippen molar-refractivity contribution in [2.75, 3.05) is 5.73 Å². The van der Waals surface area contributed by atoms with Crippen LogP contribution in [0.25, 0.3) is 22.0 Å². The quantitative estimate of drug-likeness (QED) is 0.706. The normalized spacial score (nSPS) is 11.0. The number of rotatable bonds is 1. The number of anilines is 1. The van der Waals surface area contributed by atoms with E-state index in [1.807, 2.05) is 30.7 Å². The van der Waals surface area contributed by atoms with Crippen molar-refractivity contribution in [3.8, 4) is 11.3 Å². The second-order valence-corrected chi connectivity index (χ2v) is 4.51. The van der Waals surface area contributed by atoms with Gasteiger partial charge in [-0.15, -0.1) is 0 Å². The van der Waals surface area contributed by atoms with Crippen LogP contribution in [0, 0.1) is 6.92 Å². The van der Waals surface area contributed by atoms with Gasteiger partial charge in [0.1, 0.15) is 17.3 Å². The van der Waals surface area contributed by atoms with Gasteiger partial charge in [0.05, 0.1) is 0 Å². The Bertz CT molecular complexity index is 726. The van der Waals surface area contributed by atoms with E-state index in [0.29, 0.717) is 5.82 Å². The van der Waals surface area contributed by atoms with Gasteiger partial charge in [0.2, 0.25) is 0 Å². The van der Waals surface area contributed by atoms with Crippen molar-refractivity contribution >= 4 is 16.6 Å². The predicted octanol–water partition coefficient (Wildman–Crippen LogP) is 3.13. The Kier molecular flexibility index (Phi) is 2.33. The van der Waals surface area contributed by atoms with E-state index in [0.717, 1.165) is 17.1 Å². The maximum absolute atomic E-state index is 6.08. The first-order valence-electron chi connectivity index (χ1n) is 5.95. The minimum absolute atomic E-state index is 0.711. The molecule has 0 unspecified atom stereocenters. The SMILES string of the molecule is Cc1nc(-c2ccc3ccccc3c2)c(N)n1C. The highest BCUT2D eigenvalue weighted by atomic mass is 15.1. The summed E-state index contributed by atoms with van der Waals surface area (Å²) in [6.45, 7) is 1.96. The third-order valence-electron chi connectivity index (χ3n) is 3.39. The van der Waals surface area contributed by atoms with Crippen molar-refractivity contribution < 1.29 is 0 Å². The van der Waals surface area contributed by atoms with Gasteiger partial charge in [-0.05, 0) is 23.8 Å². The first kappa shape index (κ1) is 10.8. The Balaban J connectivity index is 2.22. The largest absolute Gasteiger partial charge is 0.383 e. The first-order valence-corrected chi connectivity index (χ1v) is 5.95. The van der Waals surface area contributed by atoms with E-state index in [9.17, 15) is 0 Å². The Morgan fingerprint density at radius 2 is 1.78 bits per heavy atom. The Hall–Kier alpha value is -2.29. The first-order chi connectivity index (χ1) is 8.66. The van der Waals surface area contributed by atoms with Gasteiger partial charge in [-0.3, -0.25) is 0 Å². The van der Waals surface area contributed by atoms with Crippen LogP contribution in [-0.2, 0) is 7.05 Å². The number of aromatic nitrogens is 2. The second-order valence-electron chi connectivity index (χ2n) is 4.51. The van der Waals surface area contributed by atoms with Gasteiger partial charge in [0.25, 0.3) is 0 Å². The molecule has 0 aliphatic rings. The molecule has 1 aromatic heterocycles. The van der Waals surface area contributed by atoms with Gasteiger partial charge >= 0.3 is 0 Å². The van der Waals surface area contributed by atoms with Gasteiger partial charge in [-0.1, -0.05) is 36.4 Å². The lowest BCUT2D eigenvalue weighted by Crippen LogP contribution is -1.98. The molecule has 3 rings (SSSR count). The molecule has 1 heterocycles. The molecule has 0 radical (unpaired) electrons. The van der Waals surface area contributed by atoms with Crippen LogP contribution in [0.5, 0.6) is 0 Å². The third-order valence-corrected chi connectivity index (χ3v) is 3.39. The van der Waals surface area contributed by atoms with Crippen LogP contribution in [0.3, 0.4) is 0 Å². The minimum Gasteiger partial charge on any atom is -0.383 e. The molecule has 90 valence electrons. The zero-order chi connectivity index (χ0) is 12.7. The average molecular weight is 237 g/mol. The molecule has 0 bridgehead atoms. The standard InChI is InChI=1S/C15H15N3/c1-10-17-14(15(16)18(10)2)13-8-7-11-5-3-4-6-12(11)9-13/h3-9H,16H2,1-2H3. The Morgan fingerprint density at radius 1 is 1.06 bits per heavy atom. The third kappa shape index (κ3) is 1.56. The van der Waals surface area contributed by atoms with Crippen molar-refractivity contribution in [3.05, 3.63) is 48.3 Å². The lowest BCUT2D eigenvalue weighted by atomic mass is 10.1. The minimum atomic E-state index is 0.711. The van der Waals surface area contributed by atoms with E-state index >= 15 is 0 Å². The molecule has 2 aromatic carbocycles. The number of benzene rings is 2. The summed E-state index contributed by atoms with van der Waals surface area (Å²) in [6.07, 6.45) is 0. The van der Waals surface area contributed by atoms with E-state index in [4.69, 9.17) is 5.73 Å². The highest BCUT2D eigenvalue weighted by Gasteiger charge is 2.11. The number of hydrogen-bond acceptors (Lipinski definition) is 2. The van der Waals surface area contributed by atoms with Crippen molar-refractivity contribution in [2.45, 2.75) is 6.92 Å². The summed E-state index contributed by atoms with van der Waals surface area (Å²) < 4.78 is 1.91. The van der Waals surface area contributed by atoms with Crippen LogP contribution in [0.1, 0.15) is 5.82 Å². The maximum atomic E-state index is 6.08. The van der Waals surface area contributed by atoms with Gasteiger partial charge in [-0.25, -0.2) is 4.98 Å². The number of aryl methyl sites for hydroxylation is 1. The summed E-state index contributed by atoms with van der Waals surface area (Å²) in [6, 6.07) is 14.6. The summed E-state index contributed by atoms with van der Waals surface area (Å²) >= 11 is 0. The summed E-state index contributed by atoms with van der Waals surface area (Å²) in [4.78, 5) is 4.52. The molecule has 0 amide bonds. The number of nitrogen functional groups attached to an aromatic ring is 1. The molecule has 0 spiro atoms. The van der Waals surface area contributed by atoms with Crippen LogP contribution in [0.15, 0.2) is 42.5 Å². The topological polar surface area (TPSA) is 43.8 Å². The molecule has 0 aliphatic carbocycles. The molecule has 0 saturated carbocycles. The molecule has 18 heavy (non-hydrogen) atoms. The Labute approximate surface area is 106 Å². The van der Waals surface area contributed by atoms with Crippen LogP contribution >= 0.6 is 0 Å². The molecule has 3 heteroatoms. The van der Waals surface area contributed by atoms with Crippen LogP contribution in [0.2, 0.25) is 0 Å². The summed E-state index contributed by atoms with van der Waals surface area (Å²) in [5.74, 6) is 1.64. The zero-order valence-electron chi connectivity index (χ0n) is 10.5. The number of nitrogens with zero attached hydrogens (tertiary/aromatic N) is 2. The van der Waals surface area contributed by atoms with Gasteiger partial charge < -0.3 is 10.3 Å². The van der Waals surface area contributed by atoms with Gasteiger partial charge in [0, 0.05) is 12.6 Å². The van der Waals surface area contributed by atoms with Gasteiger partial charge in [-0.2, -0.15) is 0 Å². The summed E-state index contributed by atoms with van der Waals surface area (Å²) in [5.41, 5.74) is 8.01. The molecule has 0 aliphatic heterocycles. The van der Waals surface area contributed by atoms with Crippen molar-refractivity contribution in [1.29, 1.82) is 0 Å². The van der Waals surface area contributed by atoms with Crippen molar-refractivity contribution in [3.63, 3.8) is 0 Å². The summed E-state index contributed by atoms with van der Waals surface area (Å²) in [5, 5.41) is 2.44.